The lowest BCUT2D eigenvalue weighted by atomic mass is 10.0. The highest BCUT2D eigenvalue weighted by atomic mass is 16.5. The van der Waals surface area contributed by atoms with Crippen LogP contribution >= 0.6 is 0 Å². The Bertz CT molecular complexity index is 739. The van der Waals surface area contributed by atoms with Crippen molar-refractivity contribution >= 4 is 5.95 Å². The summed E-state index contributed by atoms with van der Waals surface area (Å²) < 4.78 is 8.00. The van der Waals surface area contributed by atoms with Gasteiger partial charge in [0, 0.05) is 63.8 Å². The molecule has 140 valence electrons. The molecule has 1 N–H and O–H groups in total. The topological polar surface area (TPSA) is 68.1 Å². The van der Waals surface area contributed by atoms with Crippen molar-refractivity contribution in [1.29, 1.82) is 0 Å². The molecule has 4 rings (SSSR count). The molecule has 7 nitrogen and oxygen atoms in total. The Hall–Kier alpha value is -1.99. The van der Waals surface area contributed by atoms with Crippen LogP contribution in [-0.4, -0.2) is 45.8 Å². The van der Waals surface area contributed by atoms with Gasteiger partial charge in [-0.05, 0) is 32.3 Å². The van der Waals surface area contributed by atoms with Crippen molar-refractivity contribution in [3.63, 3.8) is 0 Å². The predicted octanol–water partition coefficient (Wildman–Crippen LogP) is 1.99. The SMILES string of the molecule is Cc1cc(CNC[C@@H]2CCO[C@H]2c2nccn2C)nc(N2CCCC2)n1. The highest BCUT2D eigenvalue weighted by molar-refractivity contribution is 5.33. The molecule has 2 aromatic rings. The van der Waals surface area contributed by atoms with Gasteiger partial charge in [0.05, 0.1) is 5.69 Å². The molecule has 26 heavy (non-hydrogen) atoms. The first kappa shape index (κ1) is 17.4. The van der Waals surface area contributed by atoms with Crippen LogP contribution in [0.5, 0.6) is 0 Å². The second kappa shape index (κ2) is 7.72. The van der Waals surface area contributed by atoms with E-state index >= 15 is 0 Å². The van der Waals surface area contributed by atoms with Gasteiger partial charge in [0.15, 0.2) is 0 Å². The summed E-state index contributed by atoms with van der Waals surface area (Å²) in [6.45, 7) is 6.65. The van der Waals surface area contributed by atoms with Crippen molar-refractivity contribution < 1.29 is 4.74 Å². The lowest BCUT2D eigenvalue weighted by Gasteiger charge is -2.19. The zero-order valence-corrected chi connectivity index (χ0v) is 15.7. The molecule has 0 bridgehead atoms. The molecule has 0 saturated carbocycles. The molecule has 0 spiro atoms. The summed E-state index contributed by atoms with van der Waals surface area (Å²) in [6, 6.07) is 2.08. The van der Waals surface area contributed by atoms with Gasteiger partial charge in [0.25, 0.3) is 0 Å². The van der Waals surface area contributed by atoms with E-state index in [1.165, 1.54) is 12.8 Å². The lowest BCUT2D eigenvalue weighted by molar-refractivity contribution is 0.0810. The highest BCUT2D eigenvalue weighted by Crippen LogP contribution is 2.32. The number of hydrogen-bond donors (Lipinski definition) is 1. The van der Waals surface area contributed by atoms with E-state index < -0.39 is 0 Å². The Morgan fingerprint density at radius 3 is 2.88 bits per heavy atom. The molecule has 2 saturated heterocycles. The van der Waals surface area contributed by atoms with E-state index in [-0.39, 0.29) is 6.10 Å². The first-order valence-corrected chi connectivity index (χ1v) is 9.60. The van der Waals surface area contributed by atoms with Gasteiger partial charge in [-0.1, -0.05) is 0 Å². The van der Waals surface area contributed by atoms with Crippen molar-refractivity contribution in [3.8, 4) is 0 Å². The van der Waals surface area contributed by atoms with Gasteiger partial charge in [-0.15, -0.1) is 0 Å². The molecule has 4 heterocycles. The first-order chi connectivity index (χ1) is 12.7. The maximum absolute atomic E-state index is 5.94. The zero-order chi connectivity index (χ0) is 17.9. The second-order valence-electron chi connectivity index (χ2n) is 7.36. The van der Waals surface area contributed by atoms with Gasteiger partial charge < -0.3 is 19.5 Å². The second-order valence-corrected chi connectivity index (χ2v) is 7.36. The number of nitrogens with one attached hydrogen (secondary N) is 1. The molecule has 2 aliphatic heterocycles. The van der Waals surface area contributed by atoms with Gasteiger partial charge in [-0.3, -0.25) is 0 Å². The molecule has 0 aliphatic carbocycles. The van der Waals surface area contributed by atoms with Crippen molar-refractivity contribution in [2.75, 3.05) is 31.1 Å². The molecular formula is C19H28N6O. The van der Waals surface area contributed by atoms with Crippen molar-refractivity contribution in [2.24, 2.45) is 13.0 Å². The van der Waals surface area contributed by atoms with Crippen LogP contribution in [0.2, 0.25) is 0 Å². The summed E-state index contributed by atoms with van der Waals surface area (Å²) in [5, 5.41) is 3.57. The van der Waals surface area contributed by atoms with Crippen molar-refractivity contribution in [1.82, 2.24) is 24.8 Å². The van der Waals surface area contributed by atoms with Gasteiger partial charge >= 0.3 is 0 Å². The van der Waals surface area contributed by atoms with E-state index in [1.54, 1.807) is 0 Å². The van der Waals surface area contributed by atoms with Crippen LogP contribution in [0.15, 0.2) is 18.5 Å². The summed E-state index contributed by atoms with van der Waals surface area (Å²) in [5.41, 5.74) is 2.10. The summed E-state index contributed by atoms with van der Waals surface area (Å²) in [7, 11) is 2.03. The molecule has 7 heteroatoms. The average molecular weight is 356 g/mol. The maximum atomic E-state index is 5.94. The minimum Gasteiger partial charge on any atom is -0.370 e. The predicted molar refractivity (Wildman–Crippen MR) is 99.9 cm³/mol. The van der Waals surface area contributed by atoms with E-state index in [9.17, 15) is 0 Å². The van der Waals surface area contributed by atoms with Crippen LogP contribution in [0.25, 0.3) is 0 Å². The number of imidazole rings is 1. The Balaban J connectivity index is 1.36. The van der Waals surface area contributed by atoms with Crippen LogP contribution in [-0.2, 0) is 18.3 Å². The Labute approximate surface area is 154 Å². The molecule has 2 aromatic heterocycles. The Morgan fingerprint density at radius 1 is 1.27 bits per heavy atom. The van der Waals surface area contributed by atoms with Crippen LogP contribution in [0.1, 0.15) is 42.6 Å². The van der Waals surface area contributed by atoms with Crippen LogP contribution in [0.4, 0.5) is 5.95 Å². The zero-order valence-electron chi connectivity index (χ0n) is 15.7. The Morgan fingerprint density at radius 2 is 2.12 bits per heavy atom. The standard InChI is InChI=1S/C19H28N6O/c1-14-11-16(23-19(22-14)25-7-3-4-8-25)13-20-12-15-5-10-26-17(15)18-21-6-9-24(18)2/h6,9,11,15,17,20H,3-5,7-8,10,12-13H2,1-2H3/t15-,17+/m0/s1. The lowest BCUT2D eigenvalue weighted by Crippen LogP contribution is -2.27. The monoisotopic (exact) mass is 356 g/mol. The summed E-state index contributed by atoms with van der Waals surface area (Å²) >= 11 is 0. The minimum atomic E-state index is 0.0785. The van der Waals surface area contributed by atoms with Crippen LogP contribution < -0.4 is 10.2 Å². The first-order valence-electron chi connectivity index (χ1n) is 9.60. The van der Waals surface area contributed by atoms with Crippen LogP contribution in [0, 0.1) is 12.8 Å². The largest absolute Gasteiger partial charge is 0.370 e. The fourth-order valence-corrected chi connectivity index (χ4v) is 3.93. The summed E-state index contributed by atoms with van der Waals surface area (Å²) in [4.78, 5) is 16.1. The Kier molecular flexibility index (Phi) is 5.17. The molecule has 2 fully saturated rings. The minimum absolute atomic E-state index is 0.0785. The fraction of sp³-hybridized carbons (Fsp3) is 0.632. The third kappa shape index (κ3) is 3.73. The third-order valence-corrected chi connectivity index (χ3v) is 5.32. The van der Waals surface area contributed by atoms with E-state index in [0.29, 0.717) is 5.92 Å². The average Bonchev–Trinajstić information content (AvgIpc) is 3.35. The molecule has 0 radical (unpaired) electrons. The smallest absolute Gasteiger partial charge is 0.225 e. The number of hydrogen-bond acceptors (Lipinski definition) is 6. The molecular weight excluding hydrogens is 328 g/mol. The van der Waals surface area contributed by atoms with E-state index in [1.807, 2.05) is 26.4 Å². The number of aryl methyl sites for hydroxylation is 2. The summed E-state index contributed by atoms with van der Waals surface area (Å²) in [6.07, 6.45) is 7.43. The van der Waals surface area contributed by atoms with Crippen molar-refractivity contribution in [2.45, 2.75) is 38.8 Å². The third-order valence-electron chi connectivity index (χ3n) is 5.32. The molecule has 0 aromatic carbocycles. The number of aromatic nitrogens is 4. The van der Waals surface area contributed by atoms with Crippen molar-refractivity contribution in [3.05, 3.63) is 35.7 Å². The summed E-state index contributed by atoms with van der Waals surface area (Å²) in [5.74, 6) is 2.34. The van der Waals surface area contributed by atoms with Gasteiger partial charge in [-0.25, -0.2) is 15.0 Å². The van der Waals surface area contributed by atoms with E-state index in [2.05, 4.69) is 30.8 Å². The quantitative estimate of drug-likeness (QED) is 0.854. The highest BCUT2D eigenvalue weighted by Gasteiger charge is 2.32. The molecule has 2 atom stereocenters. The number of ether oxygens (including phenoxy) is 1. The number of rotatable bonds is 6. The van der Waals surface area contributed by atoms with E-state index in [4.69, 9.17) is 9.72 Å². The molecule has 0 amide bonds. The number of anilines is 1. The van der Waals surface area contributed by atoms with Gasteiger partial charge in [-0.2, -0.15) is 0 Å². The molecule has 2 aliphatic rings. The van der Waals surface area contributed by atoms with Gasteiger partial charge in [0.2, 0.25) is 5.95 Å². The fourth-order valence-electron chi connectivity index (χ4n) is 3.93. The van der Waals surface area contributed by atoms with Crippen LogP contribution in [0.3, 0.4) is 0 Å². The molecule has 0 unspecified atom stereocenters. The van der Waals surface area contributed by atoms with Gasteiger partial charge in [0.1, 0.15) is 11.9 Å². The maximum Gasteiger partial charge on any atom is 0.225 e. The normalized spacial score (nSPS) is 23.1. The number of nitrogens with zero attached hydrogens (tertiary/aromatic N) is 5. The van der Waals surface area contributed by atoms with E-state index in [0.717, 1.165) is 62.4 Å².